The van der Waals surface area contributed by atoms with Crippen molar-refractivity contribution in [1.82, 2.24) is 49.8 Å². The molecule has 4 N–H and O–H groups in total. The Morgan fingerprint density at radius 3 is 2.22 bits per heavy atom. The number of pyridine rings is 1. The molecule has 0 bridgehead atoms. The highest BCUT2D eigenvalue weighted by Gasteiger charge is 2.46. The summed E-state index contributed by atoms with van der Waals surface area (Å²) < 4.78 is 13.2. The number of hydrogen-bond acceptors (Lipinski definition) is 14. The molecule has 0 spiro atoms. The van der Waals surface area contributed by atoms with E-state index in [4.69, 9.17) is 19.4 Å². The maximum Gasteiger partial charge on any atom is 0.412 e. The third-order valence-corrected chi connectivity index (χ3v) is 14.6. The number of piperazine rings is 1. The molecule has 3 aliphatic rings. The minimum atomic E-state index is -0.595. The number of imidazole rings is 1. The molecule has 0 unspecified atom stereocenters. The van der Waals surface area contributed by atoms with Gasteiger partial charge in [-0.05, 0) is 119 Å². The number of fused-ring (bicyclic) bond motifs is 4. The van der Waals surface area contributed by atoms with Crippen molar-refractivity contribution >= 4 is 57.8 Å². The number of carbonyl (C=O) groups excluding carboxylic acids is 4. The lowest BCUT2D eigenvalue weighted by molar-refractivity contribution is -0.122. The summed E-state index contributed by atoms with van der Waals surface area (Å²) in [6.45, 7) is 15.3. The Morgan fingerprint density at radius 1 is 0.766 bits per heavy atom. The molecule has 10 rings (SSSR count). The van der Waals surface area contributed by atoms with Crippen LogP contribution in [-0.2, 0) is 9.53 Å². The number of carbonyl (C=O) groups is 4. The highest BCUT2D eigenvalue weighted by molar-refractivity contribution is 6.03. The van der Waals surface area contributed by atoms with Gasteiger partial charge in [0.15, 0.2) is 0 Å². The number of ether oxygens (including phenoxy) is 2. The van der Waals surface area contributed by atoms with Gasteiger partial charge in [0.25, 0.3) is 11.8 Å². The Balaban J connectivity index is 0.668. The van der Waals surface area contributed by atoms with Crippen LogP contribution in [0.2, 0.25) is 0 Å². The van der Waals surface area contributed by atoms with E-state index in [-0.39, 0.29) is 35.5 Å². The normalized spacial score (nSPS) is 18.4. The number of anilines is 3. The van der Waals surface area contributed by atoms with Crippen LogP contribution >= 0.6 is 0 Å². The van der Waals surface area contributed by atoms with Gasteiger partial charge < -0.3 is 30.3 Å². The molecule has 4 amide bonds. The van der Waals surface area contributed by atoms with Crippen LogP contribution in [0.3, 0.4) is 0 Å². The first kappa shape index (κ1) is 52.4. The van der Waals surface area contributed by atoms with Crippen molar-refractivity contribution < 1.29 is 28.7 Å². The standard InChI is InChI=1S/C58H67N13O6/c1-37(61-53(72)41-16-14-39(15-17-41)40-18-20-43(21-19-40)65-57(75)77-58(3,4)5)47-35-51(63-38(2)62-47)71-48-12-8-6-10-42(48)34-50(71)55(74)59-25-27-68-28-30-69(31-29-68)32-33-76-52-23-22-44(36-60-52)64-54(73)46-24-26-70-49-13-9-7-11-45(49)66-56(70)67-46/h7,9,11,13-24,26,35-37,42,48,50H,6,8,10,12,25,27-34H2,1-5H3,(H,59,74)(H,61,72)(H,64,73)(H,65,75)/t37-,42-,48-,50-/m0/s1. The van der Waals surface area contributed by atoms with E-state index in [9.17, 15) is 19.2 Å². The van der Waals surface area contributed by atoms with E-state index in [2.05, 4.69) is 50.9 Å². The Labute approximate surface area is 448 Å². The van der Waals surface area contributed by atoms with Crippen molar-refractivity contribution in [3.8, 4) is 17.0 Å². The lowest BCUT2D eigenvalue weighted by Crippen LogP contribution is -2.51. The molecule has 2 saturated heterocycles. The summed E-state index contributed by atoms with van der Waals surface area (Å²) in [5.74, 6) is 2.09. The predicted molar refractivity (Wildman–Crippen MR) is 295 cm³/mol. The van der Waals surface area contributed by atoms with Gasteiger partial charge in [0.1, 0.15) is 35.6 Å². The van der Waals surface area contributed by atoms with Crippen LogP contribution in [0, 0.1) is 12.8 Å². The van der Waals surface area contributed by atoms with Crippen molar-refractivity contribution in [3.05, 3.63) is 132 Å². The highest BCUT2D eigenvalue weighted by Crippen LogP contribution is 2.42. The zero-order chi connectivity index (χ0) is 53.6. The first-order valence-electron chi connectivity index (χ1n) is 26.7. The minimum absolute atomic E-state index is 0.0217. The first-order chi connectivity index (χ1) is 37.2. The third kappa shape index (κ3) is 12.8. The average Bonchev–Trinajstić information content (AvgIpc) is 4.03. The summed E-state index contributed by atoms with van der Waals surface area (Å²) in [7, 11) is 0. The zero-order valence-electron chi connectivity index (χ0n) is 44.4. The molecule has 0 radical (unpaired) electrons. The minimum Gasteiger partial charge on any atom is -0.476 e. The number of aromatic nitrogens is 6. The summed E-state index contributed by atoms with van der Waals surface area (Å²) in [6, 6.07) is 29.1. The smallest absolute Gasteiger partial charge is 0.412 e. The van der Waals surface area contributed by atoms with Crippen molar-refractivity contribution in [2.75, 3.05) is 68.0 Å². The molecule has 77 heavy (non-hydrogen) atoms. The van der Waals surface area contributed by atoms with E-state index in [0.717, 1.165) is 99.4 Å². The van der Waals surface area contributed by atoms with Crippen LogP contribution in [0.4, 0.5) is 22.0 Å². The molecule has 6 heterocycles. The van der Waals surface area contributed by atoms with E-state index in [1.54, 1.807) is 42.7 Å². The fraction of sp³-hybridized carbons (Fsp3) is 0.397. The Kier molecular flexibility index (Phi) is 15.7. The molecule has 3 fully saturated rings. The van der Waals surface area contributed by atoms with E-state index in [0.29, 0.717) is 59.2 Å². The van der Waals surface area contributed by atoms with E-state index >= 15 is 0 Å². The van der Waals surface area contributed by atoms with Crippen LogP contribution < -0.4 is 30.9 Å². The molecule has 2 aliphatic heterocycles. The summed E-state index contributed by atoms with van der Waals surface area (Å²) in [5, 5.41) is 12.0. The van der Waals surface area contributed by atoms with Crippen LogP contribution in [-0.4, -0.2) is 133 Å². The zero-order valence-corrected chi connectivity index (χ0v) is 44.4. The van der Waals surface area contributed by atoms with Crippen molar-refractivity contribution in [3.63, 3.8) is 0 Å². The third-order valence-electron chi connectivity index (χ3n) is 14.6. The van der Waals surface area contributed by atoms with E-state index in [1.165, 1.54) is 0 Å². The number of aryl methyl sites for hydroxylation is 1. The number of nitrogens with zero attached hydrogens (tertiary/aromatic N) is 9. The van der Waals surface area contributed by atoms with Gasteiger partial charge in [-0.15, -0.1) is 0 Å². The SMILES string of the molecule is Cc1nc([C@H](C)NC(=O)c2ccc(-c3ccc(NC(=O)OC(C)(C)C)cc3)cc2)cc(N2[C@H](C(=O)NCCN3CCN(CCOc4ccc(NC(=O)c5ccn6c(n5)nc5ccccc56)cn4)CC3)C[C@@H]3CCCC[C@@H]32)n1. The van der Waals surface area contributed by atoms with Crippen LogP contribution in [0.15, 0.2) is 109 Å². The molecule has 3 aromatic carbocycles. The van der Waals surface area contributed by atoms with Crippen LogP contribution in [0.5, 0.6) is 5.88 Å². The lowest BCUT2D eigenvalue weighted by Gasteiger charge is -2.35. The fourth-order valence-corrected chi connectivity index (χ4v) is 10.7. The van der Waals surface area contributed by atoms with Gasteiger partial charge in [-0.25, -0.2) is 29.7 Å². The molecule has 400 valence electrons. The molecular weight excluding hydrogens is 975 g/mol. The Bertz CT molecular complexity index is 3230. The van der Waals surface area contributed by atoms with Crippen molar-refractivity contribution in [2.45, 2.75) is 90.4 Å². The summed E-state index contributed by atoms with van der Waals surface area (Å²) in [5.41, 5.74) is 5.61. The highest BCUT2D eigenvalue weighted by atomic mass is 16.6. The number of rotatable bonds is 16. The molecule has 19 nitrogen and oxygen atoms in total. The second-order valence-corrected chi connectivity index (χ2v) is 21.2. The average molecular weight is 1040 g/mol. The number of nitrogens with one attached hydrogen (secondary N) is 4. The largest absolute Gasteiger partial charge is 0.476 e. The number of benzene rings is 3. The predicted octanol–water partition coefficient (Wildman–Crippen LogP) is 8.08. The molecular formula is C58H67N13O6. The summed E-state index contributed by atoms with van der Waals surface area (Å²) >= 11 is 0. The summed E-state index contributed by atoms with van der Waals surface area (Å²) in [4.78, 5) is 83.1. The van der Waals surface area contributed by atoms with E-state index < -0.39 is 17.7 Å². The molecule has 4 atom stereocenters. The van der Waals surface area contributed by atoms with Crippen LogP contribution in [0.1, 0.15) is 98.2 Å². The van der Waals surface area contributed by atoms with Crippen molar-refractivity contribution in [2.24, 2.45) is 5.92 Å². The Morgan fingerprint density at radius 2 is 1.48 bits per heavy atom. The number of para-hydroxylation sites is 2. The molecule has 7 aromatic rings. The Hall–Kier alpha value is -8.03. The molecule has 1 saturated carbocycles. The van der Waals surface area contributed by atoms with E-state index in [1.807, 2.05) is 106 Å². The second-order valence-electron chi connectivity index (χ2n) is 21.2. The first-order valence-corrected chi connectivity index (χ1v) is 26.7. The van der Waals surface area contributed by atoms with Gasteiger partial charge in [0.2, 0.25) is 17.6 Å². The number of hydrogen-bond donors (Lipinski definition) is 4. The second kappa shape index (κ2) is 23.1. The van der Waals surface area contributed by atoms with Gasteiger partial charge in [-0.1, -0.05) is 49.2 Å². The van der Waals surface area contributed by atoms with Gasteiger partial charge >= 0.3 is 6.09 Å². The summed E-state index contributed by atoms with van der Waals surface area (Å²) in [6.07, 6.45) is 7.99. The van der Waals surface area contributed by atoms with Gasteiger partial charge in [0.05, 0.1) is 34.7 Å². The molecule has 19 heteroatoms. The fourth-order valence-electron chi connectivity index (χ4n) is 10.7. The maximum atomic E-state index is 14.2. The molecule has 1 aliphatic carbocycles. The number of amides is 4. The monoisotopic (exact) mass is 1040 g/mol. The van der Waals surface area contributed by atoms with Gasteiger partial charge in [-0.2, -0.15) is 0 Å². The maximum absolute atomic E-state index is 14.2. The quantitative estimate of drug-likeness (QED) is 0.0721. The van der Waals surface area contributed by atoms with Crippen molar-refractivity contribution in [1.29, 1.82) is 0 Å². The topological polar surface area (TPSA) is 213 Å². The molecule has 4 aromatic heterocycles. The lowest BCUT2D eigenvalue weighted by atomic mass is 9.84. The van der Waals surface area contributed by atoms with Gasteiger partial charge in [-0.3, -0.25) is 33.9 Å². The van der Waals surface area contributed by atoms with Gasteiger partial charge in [0, 0.05) is 81.4 Å². The van der Waals surface area contributed by atoms with Crippen LogP contribution in [0.25, 0.3) is 27.9 Å².